The molecule has 0 aliphatic heterocycles. The molecule has 0 saturated heterocycles. The predicted molar refractivity (Wildman–Crippen MR) is 108 cm³/mol. The molecule has 0 unspecified atom stereocenters. The number of carbonyl (C=O) groups is 1. The second kappa shape index (κ2) is 9.72. The summed E-state index contributed by atoms with van der Waals surface area (Å²) in [6.07, 6.45) is 0. The minimum absolute atomic E-state index is 0.0484. The largest absolute Gasteiger partial charge is 0.489 e. The van der Waals surface area contributed by atoms with Crippen molar-refractivity contribution >= 4 is 15.9 Å². The van der Waals surface area contributed by atoms with Gasteiger partial charge in [-0.05, 0) is 42.0 Å². The van der Waals surface area contributed by atoms with E-state index >= 15 is 0 Å². The van der Waals surface area contributed by atoms with Gasteiger partial charge < -0.3 is 9.47 Å². The number of carbonyl (C=O) groups excluding carboxylic acids is 1. The average molecular weight is 412 g/mol. The van der Waals surface area contributed by atoms with Crippen molar-refractivity contribution in [3.05, 3.63) is 90.5 Å². The van der Waals surface area contributed by atoms with Crippen molar-refractivity contribution < 1.29 is 22.7 Å². The number of amides is 1. The van der Waals surface area contributed by atoms with Crippen LogP contribution in [0.2, 0.25) is 0 Å². The number of sulfonamides is 1. The molecule has 0 atom stereocenters. The summed E-state index contributed by atoms with van der Waals surface area (Å²) in [5.41, 5.74) is 3.17. The van der Waals surface area contributed by atoms with Gasteiger partial charge in [-0.15, -0.1) is 4.83 Å². The molecule has 0 saturated carbocycles. The lowest BCUT2D eigenvalue weighted by Crippen LogP contribution is -2.43. The SMILES string of the molecule is O=C(COc1ccc(OCc2ccccc2)cc1)NNS(=O)(=O)c1ccccc1. The van der Waals surface area contributed by atoms with Crippen LogP contribution in [0.15, 0.2) is 89.8 Å². The maximum absolute atomic E-state index is 12.0. The molecule has 150 valence electrons. The monoisotopic (exact) mass is 412 g/mol. The molecule has 0 aliphatic carbocycles. The second-order valence-corrected chi connectivity index (χ2v) is 7.68. The lowest BCUT2D eigenvalue weighted by atomic mass is 10.2. The molecule has 3 aromatic carbocycles. The van der Waals surface area contributed by atoms with Crippen LogP contribution in [0.3, 0.4) is 0 Å². The minimum Gasteiger partial charge on any atom is -0.489 e. The third-order valence-electron chi connectivity index (χ3n) is 3.82. The summed E-state index contributed by atoms with van der Waals surface area (Å²) in [7, 11) is -3.83. The summed E-state index contributed by atoms with van der Waals surface area (Å²) in [4.78, 5) is 13.9. The quantitative estimate of drug-likeness (QED) is 0.527. The Hall–Kier alpha value is -3.36. The Bertz CT molecular complexity index is 1020. The minimum atomic E-state index is -3.83. The van der Waals surface area contributed by atoms with Gasteiger partial charge in [-0.1, -0.05) is 48.5 Å². The van der Waals surface area contributed by atoms with Gasteiger partial charge >= 0.3 is 0 Å². The Kier molecular flexibility index (Phi) is 6.83. The van der Waals surface area contributed by atoms with Gasteiger partial charge in [-0.3, -0.25) is 10.2 Å². The third-order valence-corrected chi connectivity index (χ3v) is 5.08. The molecule has 1 amide bonds. The smallest absolute Gasteiger partial charge is 0.272 e. The normalized spacial score (nSPS) is 10.9. The van der Waals surface area contributed by atoms with E-state index in [9.17, 15) is 13.2 Å². The summed E-state index contributed by atoms with van der Waals surface area (Å²) >= 11 is 0. The summed E-state index contributed by atoms with van der Waals surface area (Å²) in [5.74, 6) is 0.494. The van der Waals surface area contributed by atoms with Gasteiger partial charge in [0.15, 0.2) is 6.61 Å². The van der Waals surface area contributed by atoms with E-state index in [-0.39, 0.29) is 11.5 Å². The first kappa shape index (κ1) is 20.4. The highest BCUT2D eigenvalue weighted by atomic mass is 32.2. The van der Waals surface area contributed by atoms with Crippen molar-refractivity contribution in [3.8, 4) is 11.5 Å². The number of hydrazine groups is 1. The molecular weight excluding hydrogens is 392 g/mol. The maximum atomic E-state index is 12.0. The number of hydrogen-bond acceptors (Lipinski definition) is 5. The molecule has 7 nitrogen and oxygen atoms in total. The first-order valence-electron chi connectivity index (χ1n) is 8.78. The van der Waals surface area contributed by atoms with Crippen molar-refractivity contribution in [3.63, 3.8) is 0 Å². The Morgan fingerprint density at radius 1 is 0.759 bits per heavy atom. The molecule has 0 spiro atoms. The molecule has 29 heavy (non-hydrogen) atoms. The van der Waals surface area contributed by atoms with Gasteiger partial charge in [0, 0.05) is 0 Å². The fourth-order valence-corrected chi connectivity index (χ4v) is 3.22. The fourth-order valence-electron chi connectivity index (χ4n) is 2.34. The van der Waals surface area contributed by atoms with Gasteiger partial charge in [0.25, 0.3) is 15.9 Å². The maximum Gasteiger partial charge on any atom is 0.272 e. The molecule has 8 heteroatoms. The van der Waals surface area contributed by atoms with Crippen LogP contribution < -0.4 is 19.7 Å². The molecule has 0 bridgehead atoms. The zero-order chi connectivity index (χ0) is 20.5. The van der Waals surface area contributed by atoms with Crippen LogP contribution in [-0.4, -0.2) is 20.9 Å². The number of ether oxygens (including phenoxy) is 2. The van der Waals surface area contributed by atoms with E-state index in [2.05, 4.69) is 5.43 Å². The van der Waals surface area contributed by atoms with E-state index < -0.39 is 15.9 Å². The van der Waals surface area contributed by atoms with Crippen molar-refractivity contribution in [2.75, 3.05) is 6.61 Å². The topological polar surface area (TPSA) is 93.7 Å². The van der Waals surface area contributed by atoms with E-state index in [1.807, 2.05) is 35.2 Å². The van der Waals surface area contributed by atoms with Crippen molar-refractivity contribution in [1.29, 1.82) is 0 Å². The van der Waals surface area contributed by atoms with Crippen LogP contribution in [0.5, 0.6) is 11.5 Å². The molecule has 0 radical (unpaired) electrons. The van der Waals surface area contributed by atoms with Crippen LogP contribution in [0.25, 0.3) is 0 Å². The third kappa shape index (κ3) is 6.34. The Labute approximate surface area is 169 Å². The van der Waals surface area contributed by atoms with Gasteiger partial charge in [-0.2, -0.15) is 0 Å². The van der Waals surface area contributed by atoms with Crippen LogP contribution >= 0.6 is 0 Å². The molecule has 0 aliphatic rings. The van der Waals surface area contributed by atoms with Crippen molar-refractivity contribution in [2.45, 2.75) is 11.5 Å². The van der Waals surface area contributed by atoms with Crippen molar-refractivity contribution in [2.24, 2.45) is 0 Å². The fraction of sp³-hybridized carbons (Fsp3) is 0.0952. The highest BCUT2D eigenvalue weighted by Gasteiger charge is 2.14. The lowest BCUT2D eigenvalue weighted by molar-refractivity contribution is -0.123. The van der Waals surface area contributed by atoms with Gasteiger partial charge in [-0.25, -0.2) is 8.42 Å². The lowest BCUT2D eigenvalue weighted by Gasteiger charge is -2.10. The molecular formula is C21H20N2O5S. The molecule has 3 aromatic rings. The van der Waals surface area contributed by atoms with Crippen LogP contribution in [0, 0.1) is 0 Å². The highest BCUT2D eigenvalue weighted by molar-refractivity contribution is 7.89. The zero-order valence-corrected chi connectivity index (χ0v) is 16.3. The Morgan fingerprint density at radius 3 is 1.93 bits per heavy atom. The first-order chi connectivity index (χ1) is 14.0. The number of nitrogens with one attached hydrogen (secondary N) is 2. The highest BCUT2D eigenvalue weighted by Crippen LogP contribution is 2.18. The molecule has 3 rings (SSSR count). The summed E-state index contributed by atoms with van der Waals surface area (Å²) in [6, 6.07) is 24.3. The Balaban J connectivity index is 1.43. The van der Waals surface area contributed by atoms with Crippen LogP contribution in [0.4, 0.5) is 0 Å². The summed E-state index contributed by atoms with van der Waals surface area (Å²) < 4.78 is 35.1. The van der Waals surface area contributed by atoms with E-state index in [0.717, 1.165) is 5.56 Å². The average Bonchev–Trinajstić information content (AvgIpc) is 2.77. The van der Waals surface area contributed by atoms with Crippen LogP contribution in [0.1, 0.15) is 5.56 Å². The van der Waals surface area contributed by atoms with Gasteiger partial charge in [0.05, 0.1) is 4.90 Å². The Morgan fingerprint density at radius 2 is 1.31 bits per heavy atom. The second-order valence-electron chi connectivity index (χ2n) is 6.00. The predicted octanol–water partition coefficient (Wildman–Crippen LogP) is 2.65. The van der Waals surface area contributed by atoms with E-state index in [1.54, 1.807) is 42.5 Å². The van der Waals surface area contributed by atoms with Crippen LogP contribution in [-0.2, 0) is 21.4 Å². The molecule has 0 fully saturated rings. The number of hydrogen-bond donors (Lipinski definition) is 2. The van der Waals surface area contributed by atoms with Crippen molar-refractivity contribution in [1.82, 2.24) is 10.3 Å². The number of benzene rings is 3. The van der Waals surface area contributed by atoms with Gasteiger partial charge in [0.2, 0.25) is 0 Å². The summed E-state index contributed by atoms with van der Waals surface area (Å²) in [5, 5.41) is 0. The van der Waals surface area contributed by atoms with E-state index in [1.165, 1.54) is 12.1 Å². The molecule has 0 aromatic heterocycles. The zero-order valence-electron chi connectivity index (χ0n) is 15.4. The first-order valence-corrected chi connectivity index (χ1v) is 10.3. The van der Waals surface area contributed by atoms with E-state index in [0.29, 0.717) is 18.1 Å². The summed E-state index contributed by atoms with van der Waals surface area (Å²) in [6.45, 7) is 0.104. The molecule has 2 N–H and O–H groups in total. The standard InChI is InChI=1S/C21H20N2O5S/c24-21(22-23-29(25,26)20-9-5-2-6-10-20)16-28-19-13-11-18(12-14-19)27-15-17-7-3-1-4-8-17/h1-14,23H,15-16H2,(H,22,24). The van der Waals surface area contributed by atoms with Gasteiger partial charge in [0.1, 0.15) is 18.1 Å². The van der Waals surface area contributed by atoms with E-state index in [4.69, 9.17) is 9.47 Å². The molecule has 0 heterocycles. The number of rotatable bonds is 9.